The predicted molar refractivity (Wildman–Crippen MR) is 99.6 cm³/mol. The first kappa shape index (κ1) is 18.3. The second-order valence-electron chi connectivity index (χ2n) is 7.85. The minimum atomic E-state index is -0.217. The van der Waals surface area contributed by atoms with E-state index in [1.807, 2.05) is 17.0 Å². The summed E-state index contributed by atoms with van der Waals surface area (Å²) >= 11 is 0. The highest BCUT2D eigenvalue weighted by atomic mass is 16.5. The van der Waals surface area contributed by atoms with Crippen molar-refractivity contribution in [3.63, 3.8) is 0 Å². The lowest BCUT2D eigenvalue weighted by molar-refractivity contribution is -0.141. The molecule has 2 amide bonds. The highest BCUT2D eigenvalue weighted by Crippen LogP contribution is 2.34. The first-order valence-corrected chi connectivity index (χ1v) is 10.1. The highest BCUT2D eigenvalue weighted by Gasteiger charge is 2.45. The molecule has 0 unspecified atom stereocenters. The first-order valence-electron chi connectivity index (χ1n) is 10.1. The molecule has 1 aromatic heterocycles. The van der Waals surface area contributed by atoms with E-state index in [9.17, 15) is 9.59 Å². The number of hydrogen-bond donors (Lipinski definition) is 1. The van der Waals surface area contributed by atoms with Crippen LogP contribution in [0.1, 0.15) is 44.3 Å². The standard InChI is InChI=1S/C21H28N2O4/c24-20(11-15-5-2-1-3-6-15)23-13-18(17-8-10-27-19(17)14-23)21(25)22-12-16-7-4-9-26-16/h4-5,7,9,17-19H,1-3,6,8,10-14H2,(H,22,25)/t17-,18+,19+/m0/s1. The lowest BCUT2D eigenvalue weighted by Gasteiger charge is -2.39. The van der Waals surface area contributed by atoms with Crippen LogP contribution in [0, 0.1) is 11.8 Å². The quantitative estimate of drug-likeness (QED) is 0.807. The summed E-state index contributed by atoms with van der Waals surface area (Å²) in [6, 6.07) is 3.65. The van der Waals surface area contributed by atoms with Crippen LogP contribution in [0.5, 0.6) is 0 Å². The largest absolute Gasteiger partial charge is 0.467 e. The van der Waals surface area contributed by atoms with Crippen LogP contribution in [0.3, 0.4) is 0 Å². The molecule has 0 radical (unpaired) electrons. The van der Waals surface area contributed by atoms with Crippen molar-refractivity contribution < 1.29 is 18.7 Å². The number of nitrogens with zero attached hydrogens (tertiary/aromatic N) is 1. The second kappa shape index (κ2) is 8.30. The Labute approximate surface area is 159 Å². The van der Waals surface area contributed by atoms with E-state index in [4.69, 9.17) is 9.15 Å². The van der Waals surface area contributed by atoms with Crippen LogP contribution in [0.4, 0.5) is 0 Å². The Kier molecular flexibility index (Phi) is 5.62. The molecular weight excluding hydrogens is 344 g/mol. The summed E-state index contributed by atoms with van der Waals surface area (Å²) in [4.78, 5) is 27.5. The van der Waals surface area contributed by atoms with Crippen molar-refractivity contribution in [1.82, 2.24) is 10.2 Å². The molecule has 0 bridgehead atoms. The van der Waals surface area contributed by atoms with Gasteiger partial charge in [-0.2, -0.15) is 0 Å². The Hall–Kier alpha value is -2.08. The van der Waals surface area contributed by atoms with Gasteiger partial charge in [-0.05, 0) is 44.2 Å². The van der Waals surface area contributed by atoms with Crippen molar-refractivity contribution in [3.8, 4) is 0 Å². The van der Waals surface area contributed by atoms with Crippen molar-refractivity contribution >= 4 is 11.8 Å². The van der Waals surface area contributed by atoms with Gasteiger partial charge in [0.2, 0.25) is 11.8 Å². The summed E-state index contributed by atoms with van der Waals surface area (Å²) in [5.41, 5.74) is 1.25. The normalized spacial score (nSPS) is 27.8. The number of rotatable bonds is 5. The zero-order chi connectivity index (χ0) is 18.6. The smallest absolute Gasteiger partial charge is 0.226 e. The van der Waals surface area contributed by atoms with E-state index in [0.717, 1.165) is 25.0 Å². The molecule has 6 nitrogen and oxygen atoms in total. The molecule has 3 atom stereocenters. The molecule has 0 spiro atoms. The fraction of sp³-hybridized carbons (Fsp3) is 0.619. The molecule has 1 aliphatic carbocycles. The number of nitrogens with one attached hydrogen (secondary N) is 1. The third-order valence-electron chi connectivity index (χ3n) is 6.06. The van der Waals surface area contributed by atoms with Crippen LogP contribution in [0.25, 0.3) is 0 Å². The van der Waals surface area contributed by atoms with Crippen molar-refractivity contribution in [2.24, 2.45) is 11.8 Å². The van der Waals surface area contributed by atoms with E-state index in [0.29, 0.717) is 32.7 Å². The molecule has 1 aromatic rings. The number of fused-ring (bicyclic) bond motifs is 1. The molecule has 4 rings (SSSR count). The zero-order valence-electron chi connectivity index (χ0n) is 15.7. The maximum Gasteiger partial charge on any atom is 0.226 e. The van der Waals surface area contributed by atoms with Crippen LogP contribution in [-0.4, -0.2) is 42.5 Å². The number of amides is 2. The topological polar surface area (TPSA) is 71.8 Å². The van der Waals surface area contributed by atoms with Crippen LogP contribution in [0.15, 0.2) is 34.5 Å². The number of ether oxygens (including phenoxy) is 1. The average Bonchev–Trinajstić information content (AvgIpc) is 3.37. The maximum atomic E-state index is 12.9. The van der Waals surface area contributed by atoms with E-state index >= 15 is 0 Å². The molecule has 2 fully saturated rings. The molecule has 2 saturated heterocycles. The lowest BCUT2D eigenvalue weighted by Crippen LogP contribution is -2.54. The number of carbonyl (C=O) groups excluding carboxylic acids is 2. The minimum Gasteiger partial charge on any atom is -0.467 e. The highest BCUT2D eigenvalue weighted by molar-refractivity contribution is 5.82. The molecule has 3 aliphatic rings. The van der Waals surface area contributed by atoms with Gasteiger partial charge in [0.15, 0.2) is 0 Å². The van der Waals surface area contributed by atoms with E-state index < -0.39 is 0 Å². The van der Waals surface area contributed by atoms with E-state index in [-0.39, 0.29) is 29.8 Å². The second-order valence-corrected chi connectivity index (χ2v) is 7.85. The van der Waals surface area contributed by atoms with Crippen LogP contribution >= 0.6 is 0 Å². The summed E-state index contributed by atoms with van der Waals surface area (Å²) in [5.74, 6) is 0.822. The van der Waals surface area contributed by atoms with Gasteiger partial charge in [-0.25, -0.2) is 0 Å². The van der Waals surface area contributed by atoms with Crippen LogP contribution in [0.2, 0.25) is 0 Å². The van der Waals surface area contributed by atoms with Crippen molar-refractivity contribution in [2.75, 3.05) is 19.7 Å². The average molecular weight is 372 g/mol. The van der Waals surface area contributed by atoms with E-state index in [2.05, 4.69) is 11.4 Å². The Morgan fingerprint density at radius 2 is 2.19 bits per heavy atom. The molecule has 1 N–H and O–H groups in total. The van der Waals surface area contributed by atoms with Gasteiger partial charge < -0.3 is 19.4 Å². The first-order chi connectivity index (χ1) is 13.2. The molecule has 6 heteroatoms. The SMILES string of the molecule is O=C(NCc1ccco1)[C@@H]1CN(C(=O)CC2=CCCCC2)C[C@H]2OCC[C@H]21. The van der Waals surface area contributed by atoms with Gasteiger partial charge in [0.25, 0.3) is 0 Å². The maximum absolute atomic E-state index is 12.9. The molecule has 0 aromatic carbocycles. The minimum absolute atomic E-state index is 0.0127. The Morgan fingerprint density at radius 3 is 2.96 bits per heavy atom. The summed E-state index contributed by atoms with van der Waals surface area (Å²) in [5, 5.41) is 2.97. The van der Waals surface area contributed by atoms with Gasteiger partial charge in [-0.3, -0.25) is 9.59 Å². The summed E-state index contributed by atoms with van der Waals surface area (Å²) < 4.78 is 11.1. The van der Waals surface area contributed by atoms with Gasteiger partial charge in [-0.15, -0.1) is 0 Å². The van der Waals surface area contributed by atoms with Gasteiger partial charge in [0, 0.05) is 32.0 Å². The van der Waals surface area contributed by atoms with Gasteiger partial charge in [0.05, 0.1) is 24.8 Å². The van der Waals surface area contributed by atoms with Gasteiger partial charge in [0.1, 0.15) is 5.76 Å². The Morgan fingerprint density at radius 1 is 1.26 bits per heavy atom. The summed E-state index contributed by atoms with van der Waals surface area (Å²) in [6.07, 6.45) is 9.65. The molecule has 0 saturated carbocycles. The number of furan rings is 1. The number of piperidine rings is 1. The van der Waals surface area contributed by atoms with E-state index in [1.54, 1.807) is 6.26 Å². The van der Waals surface area contributed by atoms with Crippen molar-refractivity contribution in [2.45, 2.75) is 51.2 Å². The monoisotopic (exact) mass is 372 g/mol. The van der Waals surface area contributed by atoms with Gasteiger partial charge in [-0.1, -0.05) is 11.6 Å². The fourth-order valence-electron chi connectivity index (χ4n) is 4.55. The number of carbonyl (C=O) groups is 2. The molecule has 3 heterocycles. The van der Waals surface area contributed by atoms with Gasteiger partial charge >= 0.3 is 0 Å². The fourth-order valence-corrected chi connectivity index (χ4v) is 4.55. The molecule has 27 heavy (non-hydrogen) atoms. The predicted octanol–water partition coefficient (Wildman–Crippen LogP) is 2.65. The lowest BCUT2D eigenvalue weighted by atomic mass is 9.82. The number of hydrogen-bond acceptors (Lipinski definition) is 4. The van der Waals surface area contributed by atoms with Crippen molar-refractivity contribution in [1.29, 1.82) is 0 Å². The Bertz CT molecular complexity index is 697. The zero-order valence-corrected chi connectivity index (χ0v) is 15.7. The number of likely N-dealkylation sites (tertiary alicyclic amines) is 1. The number of allylic oxidation sites excluding steroid dienone is 1. The summed E-state index contributed by atoms with van der Waals surface area (Å²) in [7, 11) is 0. The van der Waals surface area contributed by atoms with Crippen LogP contribution < -0.4 is 5.32 Å². The van der Waals surface area contributed by atoms with E-state index in [1.165, 1.54) is 18.4 Å². The third kappa shape index (κ3) is 4.26. The van der Waals surface area contributed by atoms with Crippen LogP contribution in [-0.2, 0) is 20.9 Å². The summed E-state index contributed by atoms with van der Waals surface area (Å²) in [6.45, 7) is 2.14. The Balaban J connectivity index is 1.40. The molecule has 2 aliphatic heterocycles. The van der Waals surface area contributed by atoms with Crippen molar-refractivity contribution in [3.05, 3.63) is 35.8 Å². The molecular formula is C21H28N2O4. The third-order valence-corrected chi connectivity index (χ3v) is 6.06. The molecule has 146 valence electrons.